The number of carboxylic acids is 1. The molecule has 134 valence electrons. The smallest absolute Gasteiger partial charge is 0.335 e. The van der Waals surface area contributed by atoms with Crippen molar-refractivity contribution < 1.29 is 9.90 Å². The van der Waals surface area contributed by atoms with E-state index in [-0.39, 0.29) is 17.4 Å². The van der Waals surface area contributed by atoms with E-state index in [0.717, 1.165) is 17.7 Å². The van der Waals surface area contributed by atoms with Gasteiger partial charge in [-0.05, 0) is 52.6 Å². The van der Waals surface area contributed by atoms with Crippen molar-refractivity contribution >= 4 is 11.7 Å². The summed E-state index contributed by atoms with van der Waals surface area (Å²) < 4.78 is 0. The van der Waals surface area contributed by atoms with Gasteiger partial charge in [0.1, 0.15) is 0 Å². The molecule has 1 aliphatic carbocycles. The quantitative estimate of drug-likeness (QED) is 0.704. The molecule has 0 spiro atoms. The first kappa shape index (κ1) is 16.9. The molecule has 3 heteroatoms. The zero-order valence-corrected chi connectivity index (χ0v) is 15.5. The second-order valence-electron chi connectivity index (χ2n) is 8.45. The second-order valence-corrected chi connectivity index (χ2v) is 8.45. The number of allylic oxidation sites excluding steroid dienone is 2. The van der Waals surface area contributed by atoms with Crippen LogP contribution in [0.5, 0.6) is 0 Å². The van der Waals surface area contributed by atoms with Crippen LogP contribution in [0, 0.1) is 5.92 Å². The molecule has 1 heterocycles. The Morgan fingerprint density at radius 3 is 2.50 bits per heavy atom. The summed E-state index contributed by atoms with van der Waals surface area (Å²) in [5.74, 6) is -0.170. The van der Waals surface area contributed by atoms with Crippen molar-refractivity contribution in [2.75, 3.05) is 5.32 Å². The summed E-state index contributed by atoms with van der Waals surface area (Å²) in [7, 11) is 0. The summed E-state index contributed by atoms with van der Waals surface area (Å²) in [6.07, 6.45) is 5.49. The average molecular weight is 347 g/mol. The van der Waals surface area contributed by atoms with E-state index < -0.39 is 5.97 Å². The van der Waals surface area contributed by atoms with Crippen LogP contribution in [0.1, 0.15) is 66.2 Å². The third kappa shape index (κ3) is 2.82. The number of nitrogens with one attached hydrogen (secondary N) is 1. The van der Waals surface area contributed by atoms with E-state index in [9.17, 15) is 9.90 Å². The van der Waals surface area contributed by atoms with Crippen molar-refractivity contribution in [3.8, 4) is 0 Å². The fraction of sp³-hybridized carbons (Fsp3) is 0.348. The van der Waals surface area contributed by atoms with Gasteiger partial charge in [-0.1, -0.05) is 57.2 Å². The molecule has 0 radical (unpaired) electrons. The van der Waals surface area contributed by atoms with Gasteiger partial charge in [-0.15, -0.1) is 0 Å². The first-order valence-electron chi connectivity index (χ1n) is 9.25. The molecular formula is C23H25NO2. The third-order valence-corrected chi connectivity index (χ3v) is 5.75. The minimum absolute atomic E-state index is 0.149. The van der Waals surface area contributed by atoms with E-state index in [4.69, 9.17) is 0 Å². The van der Waals surface area contributed by atoms with Gasteiger partial charge in [0.05, 0.1) is 11.6 Å². The Morgan fingerprint density at radius 1 is 1.12 bits per heavy atom. The van der Waals surface area contributed by atoms with Crippen molar-refractivity contribution in [2.24, 2.45) is 5.92 Å². The van der Waals surface area contributed by atoms with E-state index in [1.165, 1.54) is 11.1 Å². The number of fused-ring (bicyclic) bond motifs is 3. The molecule has 0 aromatic heterocycles. The molecule has 2 aliphatic rings. The molecule has 0 saturated carbocycles. The van der Waals surface area contributed by atoms with Crippen LogP contribution in [0.4, 0.5) is 5.69 Å². The lowest BCUT2D eigenvalue weighted by Crippen LogP contribution is -2.29. The van der Waals surface area contributed by atoms with Gasteiger partial charge in [-0.2, -0.15) is 0 Å². The Labute approximate surface area is 154 Å². The number of carbonyl (C=O) groups is 1. The van der Waals surface area contributed by atoms with E-state index >= 15 is 0 Å². The number of rotatable bonds is 2. The van der Waals surface area contributed by atoms with Crippen LogP contribution >= 0.6 is 0 Å². The highest BCUT2D eigenvalue weighted by Crippen LogP contribution is 2.50. The molecule has 3 atom stereocenters. The second kappa shape index (κ2) is 6.01. The molecule has 4 rings (SSSR count). The lowest BCUT2D eigenvalue weighted by atomic mass is 9.76. The molecule has 0 bridgehead atoms. The van der Waals surface area contributed by atoms with Crippen LogP contribution in [0.2, 0.25) is 0 Å². The largest absolute Gasteiger partial charge is 0.478 e. The van der Waals surface area contributed by atoms with Crippen molar-refractivity contribution in [3.63, 3.8) is 0 Å². The monoisotopic (exact) mass is 347 g/mol. The molecule has 26 heavy (non-hydrogen) atoms. The topological polar surface area (TPSA) is 49.3 Å². The van der Waals surface area contributed by atoms with Gasteiger partial charge >= 0.3 is 5.97 Å². The number of hydrogen-bond donors (Lipinski definition) is 2. The lowest BCUT2D eigenvalue weighted by Gasteiger charge is -2.38. The summed E-state index contributed by atoms with van der Waals surface area (Å²) in [6.45, 7) is 6.69. The van der Waals surface area contributed by atoms with Crippen molar-refractivity contribution in [1.29, 1.82) is 0 Å². The van der Waals surface area contributed by atoms with Crippen molar-refractivity contribution in [1.82, 2.24) is 0 Å². The predicted molar refractivity (Wildman–Crippen MR) is 105 cm³/mol. The van der Waals surface area contributed by atoms with E-state index in [0.29, 0.717) is 11.5 Å². The fourth-order valence-electron chi connectivity index (χ4n) is 4.25. The summed E-state index contributed by atoms with van der Waals surface area (Å²) in [5.41, 5.74) is 5.29. The third-order valence-electron chi connectivity index (χ3n) is 5.75. The highest BCUT2D eigenvalue weighted by atomic mass is 16.4. The number of anilines is 1. The van der Waals surface area contributed by atoms with Gasteiger partial charge in [-0.3, -0.25) is 0 Å². The first-order valence-corrected chi connectivity index (χ1v) is 9.25. The van der Waals surface area contributed by atoms with E-state index in [1.54, 1.807) is 6.07 Å². The molecule has 1 aliphatic heterocycles. The molecule has 0 unspecified atom stereocenters. The Bertz CT molecular complexity index is 874. The summed E-state index contributed by atoms with van der Waals surface area (Å²) >= 11 is 0. The van der Waals surface area contributed by atoms with Gasteiger partial charge in [0.15, 0.2) is 0 Å². The maximum atomic E-state index is 11.3. The van der Waals surface area contributed by atoms with Crippen molar-refractivity contribution in [2.45, 2.75) is 44.6 Å². The molecule has 2 aromatic rings. The number of carboxylic acid groups (broad SMARTS) is 1. The molecule has 0 amide bonds. The Hall–Kier alpha value is -2.55. The molecule has 0 saturated heterocycles. The zero-order chi connectivity index (χ0) is 18.5. The van der Waals surface area contributed by atoms with Gasteiger partial charge in [0.25, 0.3) is 0 Å². The van der Waals surface area contributed by atoms with Crippen LogP contribution in [-0.2, 0) is 5.41 Å². The van der Waals surface area contributed by atoms with Gasteiger partial charge in [0, 0.05) is 11.6 Å². The Balaban J connectivity index is 1.70. The van der Waals surface area contributed by atoms with Crippen molar-refractivity contribution in [3.05, 3.63) is 76.9 Å². The van der Waals surface area contributed by atoms with Crippen LogP contribution in [0.25, 0.3) is 0 Å². The minimum atomic E-state index is -0.869. The maximum Gasteiger partial charge on any atom is 0.335 e. The number of aromatic carboxylic acids is 1. The zero-order valence-electron chi connectivity index (χ0n) is 15.5. The highest BCUT2D eigenvalue weighted by molar-refractivity contribution is 5.89. The average Bonchev–Trinajstić information content (AvgIpc) is 3.10. The minimum Gasteiger partial charge on any atom is -0.478 e. The van der Waals surface area contributed by atoms with Gasteiger partial charge < -0.3 is 10.4 Å². The molecule has 3 nitrogen and oxygen atoms in total. The highest BCUT2D eigenvalue weighted by Gasteiger charge is 2.38. The normalized spacial score (nSPS) is 23.9. The summed E-state index contributed by atoms with van der Waals surface area (Å²) in [6, 6.07) is 14.6. The van der Waals surface area contributed by atoms with Gasteiger partial charge in [0.2, 0.25) is 0 Å². The summed E-state index contributed by atoms with van der Waals surface area (Å²) in [5, 5.41) is 13.0. The van der Waals surface area contributed by atoms with E-state index in [2.05, 4.69) is 62.5 Å². The predicted octanol–water partition coefficient (Wildman–Crippen LogP) is 5.51. The Morgan fingerprint density at radius 2 is 1.85 bits per heavy atom. The van der Waals surface area contributed by atoms with E-state index in [1.807, 2.05) is 12.1 Å². The SMILES string of the molecule is CC(C)(C)c1ccc([C@@H]2Nc3ccc(C(=O)O)cc3[C@H]3C=CC[C@H]32)cc1. The number of benzene rings is 2. The van der Waals surface area contributed by atoms with Gasteiger partial charge in [-0.25, -0.2) is 4.79 Å². The maximum absolute atomic E-state index is 11.3. The molecular weight excluding hydrogens is 322 g/mol. The number of hydrogen-bond acceptors (Lipinski definition) is 2. The lowest BCUT2D eigenvalue weighted by molar-refractivity contribution is 0.0696. The molecule has 0 fully saturated rings. The Kier molecular flexibility index (Phi) is 3.91. The standard InChI is InChI=1S/C23H25NO2/c1-23(2,3)16-10-7-14(8-11-16)21-18-6-4-5-17(18)19-13-15(22(25)26)9-12-20(19)24-21/h4-5,7-13,17-18,21,24H,6H2,1-3H3,(H,25,26)/t17-,18+,21-/m0/s1. The summed E-state index contributed by atoms with van der Waals surface area (Å²) in [4.78, 5) is 11.3. The fourth-order valence-corrected chi connectivity index (χ4v) is 4.25. The van der Waals surface area contributed by atoms with Crippen LogP contribution in [0.15, 0.2) is 54.6 Å². The van der Waals surface area contributed by atoms with Crippen LogP contribution in [0.3, 0.4) is 0 Å². The molecule has 2 N–H and O–H groups in total. The first-order chi connectivity index (χ1) is 12.3. The van der Waals surface area contributed by atoms with Crippen LogP contribution < -0.4 is 5.32 Å². The molecule has 2 aromatic carbocycles. The van der Waals surface area contributed by atoms with Crippen LogP contribution in [-0.4, -0.2) is 11.1 Å².